The van der Waals surface area contributed by atoms with Gasteiger partial charge in [-0.3, -0.25) is 0 Å². The van der Waals surface area contributed by atoms with E-state index in [2.05, 4.69) is 175 Å². The van der Waals surface area contributed by atoms with E-state index in [4.69, 9.17) is 9.97 Å². The van der Waals surface area contributed by atoms with Crippen LogP contribution in [0, 0.1) is 5.92 Å². The van der Waals surface area contributed by atoms with Gasteiger partial charge in [-0.05, 0) is 78.1 Å². The van der Waals surface area contributed by atoms with Gasteiger partial charge in [-0.15, -0.1) is 0 Å². The molecule has 8 aromatic rings. The fourth-order valence-corrected chi connectivity index (χ4v) is 7.47. The number of H-pyrrole nitrogens is 1. The van der Waals surface area contributed by atoms with Crippen LogP contribution in [-0.2, 0) is 0 Å². The standard InChI is InChI=1S/C45H32N4.C3H8.C2H6/c1-4-10-29(11-5-1)32-19-24-41-42(27-32)48-44(43(47-41)30-12-6-2-7-13-30)31-16-20-35(21-17-31)49(34-14-8-3-9-15-34)36-22-25-40-39(28-36)37-23-18-33-26-38(33)45(37)46-40;1-3-2;1-2/h1-25,27-28,33,38,46H,26H2;3H2,1-2H3;1-2H3. The Balaban J connectivity index is 0.000000790. The smallest absolute Gasteiger partial charge is 0.0973 e. The molecule has 6 aromatic carbocycles. The molecule has 2 heterocycles. The van der Waals surface area contributed by atoms with E-state index in [1.54, 1.807) is 0 Å². The molecule has 1 saturated carbocycles. The van der Waals surface area contributed by atoms with Gasteiger partial charge in [0.15, 0.2) is 0 Å². The third-order valence-corrected chi connectivity index (χ3v) is 10.1. The van der Waals surface area contributed by atoms with Crippen LogP contribution in [0.3, 0.4) is 0 Å². The lowest BCUT2D eigenvalue weighted by molar-refractivity contribution is 0.962. The van der Waals surface area contributed by atoms with Gasteiger partial charge in [0.1, 0.15) is 0 Å². The van der Waals surface area contributed by atoms with Crippen molar-refractivity contribution in [3.63, 3.8) is 0 Å². The van der Waals surface area contributed by atoms with Crippen LogP contribution < -0.4 is 4.90 Å². The zero-order valence-electron chi connectivity index (χ0n) is 31.5. The van der Waals surface area contributed by atoms with Crippen LogP contribution in [0.1, 0.15) is 57.7 Å². The topological polar surface area (TPSA) is 44.8 Å². The van der Waals surface area contributed by atoms with Gasteiger partial charge in [-0.25, -0.2) is 9.97 Å². The van der Waals surface area contributed by atoms with Crippen LogP contribution in [0.4, 0.5) is 17.1 Å². The number of fused-ring (bicyclic) bond motifs is 6. The zero-order chi connectivity index (χ0) is 37.0. The van der Waals surface area contributed by atoms with Crippen LogP contribution in [0.15, 0.2) is 158 Å². The predicted octanol–water partition coefficient (Wildman–Crippen LogP) is 14.2. The Kier molecular flexibility index (Phi) is 9.91. The van der Waals surface area contributed by atoms with E-state index in [1.807, 2.05) is 26.0 Å². The van der Waals surface area contributed by atoms with Crippen LogP contribution >= 0.6 is 0 Å². The molecule has 0 bridgehead atoms. The van der Waals surface area contributed by atoms with Crippen molar-refractivity contribution in [3.05, 3.63) is 169 Å². The number of rotatable bonds is 6. The summed E-state index contributed by atoms with van der Waals surface area (Å²) in [5, 5.41) is 1.28. The average molecular weight is 703 g/mol. The molecule has 0 spiro atoms. The van der Waals surface area contributed by atoms with Gasteiger partial charge < -0.3 is 9.88 Å². The highest BCUT2D eigenvalue weighted by Crippen LogP contribution is 2.54. The summed E-state index contributed by atoms with van der Waals surface area (Å²) in [6, 6.07) is 53.4. The Bertz CT molecular complexity index is 2540. The molecule has 10 rings (SSSR count). The van der Waals surface area contributed by atoms with Crippen molar-refractivity contribution < 1.29 is 0 Å². The highest BCUT2D eigenvalue weighted by atomic mass is 15.1. The normalized spacial score (nSPS) is 15.0. The van der Waals surface area contributed by atoms with Crippen molar-refractivity contribution in [2.75, 3.05) is 4.90 Å². The van der Waals surface area contributed by atoms with Crippen LogP contribution in [0.2, 0.25) is 0 Å². The SMILES string of the molecule is C1=CC2CC2c2[nH]c3ccc(N(c4ccccc4)c4ccc(-c5nc6cc(-c7ccccc7)ccc6nc5-c5ccccc5)cc4)cc3c21.CC.CCC. The maximum Gasteiger partial charge on any atom is 0.0973 e. The van der Waals surface area contributed by atoms with Gasteiger partial charge >= 0.3 is 0 Å². The number of anilines is 3. The third-order valence-electron chi connectivity index (χ3n) is 10.1. The number of nitrogens with one attached hydrogen (secondary N) is 1. The molecule has 0 radical (unpaired) electrons. The second-order valence-electron chi connectivity index (χ2n) is 13.8. The number of hydrogen-bond acceptors (Lipinski definition) is 3. The lowest BCUT2D eigenvalue weighted by atomic mass is 10.0. The summed E-state index contributed by atoms with van der Waals surface area (Å²) in [6.07, 6.45) is 7.22. The molecule has 4 nitrogen and oxygen atoms in total. The summed E-state index contributed by atoms with van der Waals surface area (Å²) in [4.78, 5) is 16.6. The Morgan fingerprint density at radius 3 is 1.81 bits per heavy atom. The number of benzene rings is 6. The van der Waals surface area contributed by atoms with Crippen molar-refractivity contribution >= 4 is 45.1 Å². The van der Waals surface area contributed by atoms with Gasteiger partial charge in [0.05, 0.1) is 22.4 Å². The summed E-state index contributed by atoms with van der Waals surface area (Å²) in [7, 11) is 0. The fourth-order valence-electron chi connectivity index (χ4n) is 7.47. The maximum absolute atomic E-state index is 5.29. The summed E-state index contributed by atoms with van der Waals surface area (Å²) < 4.78 is 0. The second-order valence-corrected chi connectivity index (χ2v) is 13.8. The lowest BCUT2D eigenvalue weighted by Gasteiger charge is -2.26. The van der Waals surface area contributed by atoms with E-state index in [0.29, 0.717) is 11.8 Å². The number of nitrogens with zero attached hydrogens (tertiary/aromatic N) is 3. The van der Waals surface area contributed by atoms with Crippen molar-refractivity contribution in [3.8, 4) is 33.6 Å². The summed E-state index contributed by atoms with van der Waals surface area (Å²) in [5.74, 6) is 1.36. The Morgan fingerprint density at radius 1 is 0.574 bits per heavy atom. The van der Waals surface area contributed by atoms with Crippen molar-refractivity contribution in [2.24, 2.45) is 5.92 Å². The molecule has 2 aliphatic rings. The molecule has 0 aliphatic heterocycles. The van der Waals surface area contributed by atoms with Gasteiger partial charge in [-0.1, -0.05) is 143 Å². The molecule has 4 heteroatoms. The van der Waals surface area contributed by atoms with Crippen LogP contribution in [-0.4, -0.2) is 15.0 Å². The first kappa shape index (κ1) is 34.8. The number of aromatic amines is 1. The Morgan fingerprint density at radius 2 is 1.13 bits per heavy atom. The highest BCUT2D eigenvalue weighted by molar-refractivity contribution is 5.96. The molecular weight excluding hydrogens is 657 g/mol. The van der Waals surface area contributed by atoms with E-state index < -0.39 is 0 Å². The van der Waals surface area contributed by atoms with Gasteiger partial charge in [0.25, 0.3) is 0 Å². The number of allylic oxidation sites excluding steroid dienone is 1. The number of para-hydroxylation sites is 1. The van der Waals surface area contributed by atoms with Gasteiger partial charge in [-0.2, -0.15) is 0 Å². The molecule has 2 atom stereocenters. The predicted molar refractivity (Wildman–Crippen MR) is 230 cm³/mol. The molecule has 54 heavy (non-hydrogen) atoms. The first-order chi connectivity index (χ1) is 26.7. The molecule has 2 aromatic heterocycles. The van der Waals surface area contributed by atoms with Crippen molar-refractivity contribution in [1.29, 1.82) is 0 Å². The Hall–Kier alpha value is -6.26. The van der Waals surface area contributed by atoms with E-state index in [-0.39, 0.29) is 0 Å². The largest absolute Gasteiger partial charge is 0.358 e. The molecule has 1 fully saturated rings. The highest BCUT2D eigenvalue weighted by Gasteiger charge is 2.41. The molecule has 0 saturated heterocycles. The summed E-state index contributed by atoms with van der Waals surface area (Å²) in [5.41, 5.74) is 15.1. The lowest BCUT2D eigenvalue weighted by Crippen LogP contribution is -2.09. The minimum absolute atomic E-state index is 0.650. The first-order valence-electron chi connectivity index (χ1n) is 19.4. The molecule has 2 unspecified atom stereocenters. The maximum atomic E-state index is 5.29. The quantitative estimate of drug-likeness (QED) is 0.188. The first-order valence-corrected chi connectivity index (χ1v) is 19.4. The molecule has 2 aliphatic carbocycles. The van der Waals surface area contributed by atoms with E-state index in [1.165, 1.54) is 35.0 Å². The minimum Gasteiger partial charge on any atom is -0.358 e. The number of hydrogen-bond donors (Lipinski definition) is 1. The third kappa shape index (κ3) is 6.72. The van der Waals surface area contributed by atoms with Gasteiger partial charge in [0, 0.05) is 56.3 Å². The van der Waals surface area contributed by atoms with Gasteiger partial charge in [0.2, 0.25) is 0 Å². The second kappa shape index (κ2) is 15.4. The van der Waals surface area contributed by atoms with E-state index >= 15 is 0 Å². The van der Waals surface area contributed by atoms with Crippen molar-refractivity contribution in [1.82, 2.24) is 15.0 Å². The molecule has 0 amide bonds. The number of aromatic nitrogens is 3. The monoisotopic (exact) mass is 702 g/mol. The summed E-state index contributed by atoms with van der Waals surface area (Å²) in [6.45, 7) is 8.25. The molecule has 1 N–H and O–H groups in total. The molecule has 266 valence electrons. The van der Waals surface area contributed by atoms with E-state index in [9.17, 15) is 0 Å². The van der Waals surface area contributed by atoms with Crippen molar-refractivity contribution in [2.45, 2.75) is 46.5 Å². The average Bonchev–Trinajstić information content (AvgIpc) is 3.95. The zero-order valence-corrected chi connectivity index (χ0v) is 31.5. The van der Waals surface area contributed by atoms with Crippen LogP contribution in [0.5, 0.6) is 0 Å². The Labute approximate surface area is 318 Å². The van der Waals surface area contributed by atoms with E-state index in [0.717, 1.165) is 61.7 Å². The summed E-state index contributed by atoms with van der Waals surface area (Å²) >= 11 is 0. The molecular formula is C50H46N4. The fraction of sp³-hybridized carbons (Fsp3) is 0.160. The minimum atomic E-state index is 0.650. The van der Waals surface area contributed by atoms with Crippen LogP contribution in [0.25, 0.3) is 61.7 Å².